The number of fused-ring (bicyclic) bond motifs is 1. The van der Waals surface area contributed by atoms with Crippen LogP contribution in [-0.4, -0.2) is 50.4 Å². The van der Waals surface area contributed by atoms with Gasteiger partial charge in [0.1, 0.15) is 11.0 Å². The van der Waals surface area contributed by atoms with Crippen molar-refractivity contribution >= 4 is 34.4 Å². The van der Waals surface area contributed by atoms with Crippen molar-refractivity contribution in [3.05, 3.63) is 18.2 Å². The molecule has 2 N–H and O–H groups in total. The van der Waals surface area contributed by atoms with Crippen molar-refractivity contribution in [2.45, 2.75) is 18.9 Å². The molecule has 1 saturated heterocycles. The lowest BCUT2D eigenvalue weighted by Gasteiger charge is -2.28. The largest absolute Gasteiger partial charge is 0.393 e. The van der Waals surface area contributed by atoms with Gasteiger partial charge in [0.25, 0.3) is 0 Å². The summed E-state index contributed by atoms with van der Waals surface area (Å²) < 4.78 is 8.35. The molecule has 3 rings (SSSR count). The molecule has 1 aliphatic heterocycles. The smallest absolute Gasteiger partial charge is 0.238 e. The summed E-state index contributed by atoms with van der Waals surface area (Å²) in [5, 5.41) is 12.3. The van der Waals surface area contributed by atoms with E-state index in [1.54, 1.807) is 0 Å². The Balaban J connectivity index is 1.63. The first-order valence-corrected chi connectivity index (χ1v) is 7.37. The number of hydrogen-bond acceptors (Lipinski definition) is 6. The highest BCUT2D eigenvalue weighted by molar-refractivity contribution is 7.00. The van der Waals surface area contributed by atoms with Gasteiger partial charge in [-0.1, -0.05) is 6.07 Å². The van der Waals surface area contributed by atoms with Crippen LogP contribution in [0, 0.1) is 0 Å². The number of nitrogens with zero attached hydrogens (tertiary/aromatic N) is 3. The Labute approximate surface area is 120 Å². The van der Waals surface area contributed by atoms with Gasteiger partial charge in [0, 0.05) is 13.1 Å². The quantitative estimate of drug-likeness (QED) is 0.885. The van der Waals surface area contributed by atoms with Gasteiger partial charge in [-0.15, -0.1) is 0 Å². The fraction of sp³-hybridized carbons (Fsp3) is 0.462. The first-order chi connectivity index (χ1) is 9.72. The number of hydrogen-bond donors (Lipinski definition) is 2. The molecule has 0 radical (unpaired) electrons. The van der Waals surface area contributed by atoms with E-state index in [4.69, 9.17) is 0 Å². The summed E-state index contributed by atoms with van der Waals surface area (Å²) in [6, 6.07) is 5.57. The van der Waals surface area contributed by atoms with Crippen molar-refractivity contribution < 1.29 is 9.90 Å². The highest BCUT2D eigenvalue weighted by Gasteiger charge is 2.19. The molecule has 20 heavy (non-hydrogen) atoms. The number of carbonyl (C=O) groups is 1. The number of anilines is 1. The maximum atomic E-state index is 12.1. The minimum absolute atomic E-state index is 0.0538. The zero-order chi connectivity index (χ0) is 13.9. The maximum absolute atomic E-state index is 12.1. The number of benzene rings is 1. The molecule has 1 fully saturated rings. The topological polar surface area (TPSA) is 78.4 Å². The van der Waals surface area contributed by atoms with E-state index in [0.29, 0.717) is 12.2 Å². The minimum Gasteiger partial charge on any atom is -0.393 e. The first-order valence-electron chi connectivity index (χ1n) is 6.64. The summed E-state index contributed by atoms with van der Waals surface area (Å²) >= 11 is 1.14. The lowest BCUT2D eigenvalue weighted by Crippen LogP contribution is -2.40. The maximum Gasteiger partial charge on any atom is 0.238 e. The predicted octanol–water partition coefficient (Wildman–Crippen LogP) is 1.09. The van der Waals surface area contributed by atoms with Crippen LogP contribution in [-0.2, 0) is 4.79 Å². The molecule has 0 atom stereocenters. The van der Waals surface area contributed by atoms with Gasteiger partial charge in [-0.25, -0.2) is 0 Å². The summed E-state index contributed by atoms with van der Waals surface area (Å²) in [5.74, 6) is -0.0538. The number of nitrogens with one attached hydrogen (secondary N) is 1. The van der Waals surface area contributed by atoms with Crippen LogP contribution in [0.1, 0.15) is 12.8 Å². The SMILES string of the molecule is O=C(CN1CCC(O)CC1)Nc1cccc2nsnc12. The van der Waals surface area contributed by atoms with Gasteiger partial charge in [-0.2, -0.15) is 8.75 Å². The lowest BCUT2D eigenvalue weighted by atomic mass is 10.1. The second-order valence-corrected chi connectivity index (χ2v) is 5.52. The van der Waals surface area contributed by atoms with Crippen molar-refractivity contribution in [2.24, 2.45) is 0 Å². The van der Waals surface area contributed by atoms with Crippen molar-refractivity contribution in [1.82, 2.24) is 13.6 Å². The van der Waals surface area contributed by atoms with Crippen molar-refractivity contribution in [2.75, 3.05) is 25.0 Å². The van der Waals surface area contributed by atoms with Gasteiger partial charge in [0.05, 0.1) is 30.1 Å². The van der Waals surface area contributed by atoms with Crippen molar-refractivity contribution in [1.29, 1.82) is 0 Å². The zero-order valence-electron chi connectivity index (χ0n) is 11.0. The molecular formula is C13H16N4O2S. The number of piperidine rings is 1. The number of aliphatic hydroxyl groups is 1. The van der Waals surface area contributed by atoms with Crippen LogP contribution in [0.3, 0.4) is 0 Å². The Morgan fingerprint density at radius 1 is 1.40 bits per heavy atom. The third-order valence-electron chi connectivity index (χ3n) is 3.48. The molecule has 2 heterocycles. The summed E-state index contributed by atoms with van der Waals surface area (Å²) in [5.41, 5.74) is 2.24. The van der Waals surface area contributed by atoms with E-state index in [1.807, 2.05) is 18.2 Å². The van der Waals surface area contributed by atoms with Crippen molar-refractivity contribution in [3.8, 4) is 0 Å². The normalized spacial score (nSPS) is 17.4. The molecule has 1 aliphatic rings. The summed E-state index contributed by atoms with van der Waals surface area (Å²) in [6.07, 6.45) is 1.25. The molecule has 0 aliphatic carbocycles. The fourth-order valence-electron chi connectivity index (χ4n) is 2.38. The van der Waals surface area contributed by atoms with Crippen molar-refractivity contribution in [3.63, 3.8) is 0 Å². The van der Waals surface area contributed by atoms with Crippen LogP contribution >= 0.6 is 11.7 Å². The van der Waals surface area contributed by atoms with E-state index in [1.165, 1.54) is 0 Å². The monoisotopic (exact) mass is 292 g/mol. The second kappa shape index (κ2) is 5.82. The van der Waals surface area contributed by atoms with Gasteiger partial charge in [-0.05, 0) is 25.0 Å². The number of aliphatic hydroxyl groups excluding tert-OH is 1. The van der Waals surface area contributed by atoms with Gasteiger partial charge >= 0.3 is 0 Å². The van der Waals surface area contributed by atoms with Crippen LogP contribution < -0.4 is 5.32 Å². The standard InChI is InChI=1S/C13H16N4O2S/c18-9-4-6-17(7-5-9)8-12(19)14-10-2-1-3-11-13(10)16-20-15-11/h1-3,9,18H,4-8H2,(H,14,19). The van der Waals surface area contributed by atoms with E-state index in [0.717, 1.165) is 48.7 Å². The van der Waals surface area contributed by atoms with E-state index in [2.05, 4.69) is 19.0 Å². The van der Waals surface area contributed by atoms with Gasteiger partial charge in [-0.3, -0.25) is 9.69 Å². The first kappa shape index (κ1) is 13.4. The molecule has 1 amide bonds. The fourth-order valence-corrected chi connectivity index (χ4v) is 2.93. The molecule has 0 spiro atoms. The predicted molar refractivity (Wildman–Crippen MR) is 77.7 cm³/mol. The number of rotatable bonds is 3. The highest BCUT2D eigenvalue weighted by atomic mass is 32.1. The molecule has 7 heteroatoms. The average Bonchev–Trinajstić information content (AvgIpc) is 2.91. The van der Waals surface area contributed by atoms with E-state index in [9.17, 15) is 9.90 Å². The Bertz CT molecular complexity index is 607. The number of aromatic nitrogens is 2. The van der Waals surface area contributed by atoms with Crippen LogP contribution in [0.15, 0.2) is 18.2 Å². The van der Waals surface area contributed by atoms with E-state index in [-0.39, 0.29) is 12.0 Å². The van der Waals surface area contributed by atoms with Gasteiger partial charge in [0.2, 0.25) is 5.91 Å². The Kier molecular flexibility index (Phi) is 3.90. The number of carbonyl (C=O) groups excluding carboxylic acids is 1. The molecule has 1 aromatic heterocycles. The van der Waals surface area contributed by atoms with Gasteiger partial charge < -0.3 is 10.4 Å². The van der Waals surface area contributed by atoms with Crippen LogP contribution in [0.2, 0.25) is 0 Å². The molecule has 0 bridgehead atoms. The number of likely N-dealkylation sites (tertiary alicyclic amines) is 1. The molecular weight excluding hydrogens is 276 g/mol. The molecule has 106 valence electrons. The van der Waals surface area contributed by atoms with Crippen LogP contribution in [0.4, 0.5) is 5.69 Å². The van der Waals surface area contributed by atoms with E-state index < -0.39 is 0 Å². The minimum atomic E-state index is -0.218. The summed E-state index contributed by atoms with van der Waals surface area (Å²) in [7, 11) is 0. The summed E-state index contributed by atoms with van der Waals surface area (Å²) in [4.78, 5) is 14.1. The van der Waals surface area contributed by atoms with Crippen LogP contribution in [0.5, 0.6) is 0 Å². The molecule has 0 saturated carbocycles. The third kappa shape index (κ3) is 2.95. The lowest BCUT2D eigenvalue weighted by molar-refractivity contribution is -0.117. The second-order valence-electron chi connectivity index (χ2n) is 4.99. The Morgan fingerprint density at radius 3 is 3.00 bits per heavy atom. The summed E-state index contributed by atoms with van der Waals surface area (Å²) in [6.45, 7) is 1.87. The van der Waals surface area contributed by atoms with Gasteiger partial charge in [0.15, 0.2) is 0 Å². The zero-order valence-corrected chi connectivity index (χ0v) is 11.8. The Hall–Kier alpha value is -1.57. The third-order valence-corrected chi connectivity index (χ3v) is 4.03. The molecule has 1 aromatic carbocycles. The van der Waals surface area contributed by atoms with Crippen LogP contribution in [0.25, 0.3) is 11.0 Å². The van der Waals surface area contributed by atoms with E-state index >= 15 is 0 Å². The molecule has 0 unspecified atom stereocenters. The molecule has 6 nitrogen and oxygen atoms in total. The highest BCUT2D eigenvalue weighted by Crippen LogP contribution is 2.21. The number of amides is 1. The molecule has 2 aromatic rings. The average molecular weight is 292 g/mol. The Morgan fingerprint density at radius 2 is 2.20 bits per heavy atom.